The highest BCUT2D eigenvalue weighted by Gasteiger charge is 2.04. The molecular formula is C18H16N2O. The Kier molecular flexibility index (Phi) is 3.65. The van der Waals surface area contributed by atoms with Crippen molar-refractivity contribution in [3.63, 3.8) is 0 Å². The Bertz CT molecular complexity index is 742. The molecule has 0 bridgehead atoms. The Hall–Kier alpha value is -2.68. The molecule has 3 heteroatoms. The van der Waals surface area contributed by atoms with Crippen LogP contribution in [0.2, 0.25) is 0 Å². The van der Waals surface area contributed by atoms with Crippen LogP contribution in [-0.2, 0) is 11.2 Å². The van der Waals surface area contributed by atoms with E-state index in [0.29, 0.717) is 6.42 Å². The number of Topliss-reactive ketones (excluding diaryl/α,β-unsaturated/α-hetero) is 1. The highest BCUT2D eigenvalue weighted by molar-refractivity contribution is 5.78. The summed E-state index contributed by atoms with van der Waals surface area (Å²) in [6.07, 6.45) is 4.35. The number of hydrogen-bond donors (Lipinski definition) is 0. The summed E-state index contributed by atoms with van der Waals surface area (Å²) in [5.41, 5.74) is 4.25. The van der Waals surface area contributed by atoms with Crippen LogP contribution in [0.25, 0.3) is 16.8 Å². The van der Waals surface area contributed by atoms with E-state index in [4.69, 9.17) is 0 Å². The van der Waals surface area contributed by atoms with Crippen molar-refractivity contribution in [1.82, 2.24) is 9.78 Å². The topological polar surface area (TPSA) is 34.9 Å². The predicted octanol–water partition coefficient (Wildman–Crippen LogP) is 3.67. The van der Waals surface area contributed by atoms with Crippen molar-refractivity contribution in [3.8, 4) is 16.8 Å². The lowest BCUT2D eigenvalue weighted by molar-refractivity contribution is -0.116. The molecule has 0 radical (unpaired) electrons. The summed E-state index contributed by atoms with van der Waals surface area (Å²) in [6.45, 7) is 1.61. The molecule has 3 aromatic rings. The zero-order valence-corrected chi connectivity index (χ0v) is 11.9. The molecule has 0 N–H and O–H groups in total. The molecule has 0 aliphatic rings. The van der Waals surface area contributed by atoms with Gasteiger partial charge in [0.25, 0.3) is 0 Å². The van der Waals surface area contributed by atoms with E-state index in [1.54, 1.807) is 6.92 Å². The summed E-state index contributed by atoms with van der Waals surface area (Å²) >= 11 is 0. The van der Waals surface area contributed by atoms with Gasteiger partial charge in [-0.2, -0.15) is 5.10 Å². The van der Waals surface area contributed by atoms with Crippen molar-refractivity contribution < 1.29 is 4.79 Å². The lowest BCUT2D eigenvalue weighted by atomic mass is 10.0. The molecule has 104 valence electrons. The Morgan fingerprint density at radius 1 is 1.00 bits per heavy atom. The zero-order chi connectivity index (χ0) is 14.7. The molecule has 21 heavy (non-hydrogen) atoms. The third-order valence-electron chi connectivity index (χ3n) is 3.34. The molecule has 0 saturated heterocycles. The molecule has 0 unspecified atom stereocenters. The van der Waals surface area contributed by atoms with Crippen LogP contribution in [0, 0.1) is 0 Å². The monoisotopic (exact) mass is 276 g/mol. The van der Waals surface area contributed by atoms with E-state index in [1.807, 2.05) is 71.7 Å². The highest BCUT2D eigenvalue weighted by atomic mass is 16.1. The van der Waals surface area contributed by atoms with Gasteiger partial charge in [-0.05, 0) is 30.2 Å². The maximum absolute atomic E-state index is 11.1. The summed E-state index contributed by atoms with van der Waals surface area (Å²) in [4.78, 5) is 11.1. The van der Waals surface area contributed by atoms with Gasteiger partial charge < -0.3 is 0 Å². The van der Waals surface area contributed by atoms with Gasteiger partial charge in [0.15, 0.2) is 0 Å². The lowest BCUT2D eigenvalue weighted by Crippen LogP contribution is -1.95. The van der Waals surface area contributed by atoms with Crippen LogP contribution in [0.4, 0.5) is 0 Å². The molecule has 3 nitrogen and oxygen atoms in total. The first-order chi connectivity index (χ1) is 10.2. The molecule has 2 aromatic carbocycles. The van der Waals surface area contributed by atoms with Gasteiger partial charge in [-0.15, -0.1) is 0 Å². The number of rotatable bonds is 4. The van der Waals surface area contributed by atoms with Crippen LogP contribution < -0.4 is 0 Å². The standard InChI is InChI=1S/C18H16N2O/c1-14(21)11-15-7-9-16(10-8-15)17-12-19-20(13-17)18-5-3-2-4-6-18/h2-10,12-13H,11H2,1H3. The van der Waals surface area contributed by atoms with E-state index < -0.39 is 0 Å². The largest absolute Gasteiger partial charge is 0.300 e. The summed E-state index contributed by atoms with van der Waals surface area (Å²) in [5.74, 6) is 0.180. The minimum absolute atomic E-state index is 0.180. The van der Waals surface area contributed by atoms with E-state index in [-0.39, 0.29) is 5.78 Å². The lowest BCUT2D eigenvalue weighted by Gasteiger charge is -2.01. The predicted molar refractivity (Wildman–Crippen MR) is 83.4 cm³/mol. The number of nitrogens with zero attached hydrogens (tertiary/aromatic N) is 2. The van der Waals surface area contributed by atoms with Gasteiger partial charge in [0.2, 0.25) is 0 Å². The Morgan fingerprint density at radius 3 is 2.38 bits per heavy atom. The zero-order valence-electron chi connectivity index (χ0n) is 11.9. The number of ketones is 1. The third kappa shape index (κ3) is 3.08. The molecule has 0 amide bonds. The summed E-state index contributed by atoms with van der Waals surface area (Å²) < 4.78 is 1.86. The minimum atomic E-state index is 0.180. The SMILES string of the molecule is CC(=O)Cc1ccc(-c2cnn(-c3ccccc3)c2)cc1. The number of benzene rings is 2. The van der Waals surface area contributed by atoms with Crippen LogP contribution in [0.1, 0.15) is 12.5 Å². The molecule has 0 spiro atoms. The van der Waals surface area contributed by atoms with E-state index >= 15 is 0 Å². The van der Waals surface area contributed by atoms with Gasteiger partial charge >= 0.3 is 0 Å². The highest BCUT2D eigenvalue weighted by Crippen LogP contribution is 2.20. The second-order valence-electron chi connectivity index (χ2n) is 5.08. The molecule has 1 heterocycles. The van der Waals surface area contributed by atoms with Crippen molar-refractivity contribution in [3.05, 3.63) is 72.6 Å². The Morgan fingerprint density at radius 2 is 1.71 bits per heavy atom. The van der Waals surface area contributed by atoms with Gasteiger partial charge in [-0.1, -0.05) is 42.5 Å². The van der Waals surface area contributed by atoms with Gasteiger partial charge in [-0.25, -0.2) is 4.68 Å². The number of para-hydroxylation sites is 1. The van der Waals surface area contributed by atoms with Gasteiger partial charge in [-0.3, -0.25) is 4.79 Å². The van der Waals surface area contributed by atoms with Gasteiger partial charge in [0.05, 0.1) is 11.9 Å². The van der Waals surface area contributed by atoms with E-state index in [1.165, 1.54) is 0 Å². The van der Waals surface area contributed by atoms with Crippen molar-refractivity contribution in [2.24, 2.45) is 0 Å². The first-order valence-electron chi connectivity index (χ1n) is 6.91. The average Bonchev–Trinajstić information content (AvgIpc) is 2.98. The van der Waals surface area contributed by atoms with Crippen LogP contribution in [0.3, 0.4) is 0 Å². The smallest absolute Gasteiger partial charge is 0.134 e. The van der Waals surface area contributed by atoms with Crippen LogP contribution >= 0.6 is 0 Å². The number of carbonyl (C=O) groups is 1. The molecule has 0 aliphatic carbocycles. The van der Waals surface area contributed by atoms with Crippen LogP contribution in [-0.4, -0.2) is 15.6 Å². The fourth-order valence-corrected chi connectivity index (χ4v) is 2.30. The molecule has 0 aliphatic heterocycles. The van der Waals surface area contributed by atoms with E-state index in [9.17, 15) is 4.79 Å². The fraction of sp³-hybridized carbons (Fsp3) is 0.111. The van der Waals surface area contributed by atoms with E-state index in [2.05, 4.69) is 5.10 Å². The maximum atomic E-state index is 11.1. The first-order valence-corrected chi connectivity index (χ1v) is 6.91. The molecular weight excluding hydrogens is 260 g/mol. The van der Waals surface area contributed by atoms with Crippen LogP contribution in [0.5, 0.6) is 0 Å². The summed E-state index contributed by atoms with van der Waals surface area (Å²) in [7, 11) is 0. The Balaban J connectivity index is 1.85. The van der Waals surface area contributed by atoms with Gasteiger partial charge in [0, 0.05) is 18.2 Å². The van der Waals surface area contributed by atoms with Crippen molar-refractivity contribution in [1.29, 1.82) is 0 Å². The third-order valence-corrected chi connectivity index (χ3v) is 3.34. The Labute approximate surface area is 123 Å². The number of carbonyl (C=O) groups excluding carboxylic acids is 1. The van der Waals surface area contributed by atoms with Crippen molar-refractivity contribution in [2.75, 3.05) is 0 Å². The maximum Gasteiger partial charge on any atom is 0.134 e. The minimum Gasteiger partial charge on any atom is -0.300 e. The van der Waals surface area contributed by atoms with Crippen LogP contribution in [0.15, 0.2) is 67.0 Å². The molecule has 0 fully saturated rings. The van der Waals surface area contributed by atoms with Crippen molar-refractivity contribution >= 4 is 5.78 Å². The molecule has 0 saturated carbocycles. The molecule has 0 atom stereocenters. The molecule has 1 aromatic heterocycles. The van der Waals surface area contributed by atoms with Gasteiger partial charge in [0.1, 0.15) is 5.78 Å². The molecule has 3 rings (SSSR count). The fourth-order valence-electron chi connectivity index (χ4n) is 2.30. The average molecular weight is 276 g/mol. The quantitative estimate of drug-likeness (QED) is 0.728. The summed E-state index contributed by atoms with van der Waals surface area (Å²) in [5, 5.41) is 4.40. The second kappa shape index (κ2) is 5.75. The second-order valence-corrected chi connectivity index (χ2v) is 5.08. The van der Waals surface area contributed by atoms with E-state index in [0.717, 1.165) is 22.4 Å². The summed E-state index contributed by atoms with van der Waals surface area (Å²) in [6, 6.07) is 18.1. The number of aromatic nitrogens is 2. The number of hydrogen-bond acceptors (Lipinski definition) is 2. The first kappa shape index (κ1) is 13.3. The normalized spacial score (nSPS) is 10.5. The van der Waals surface area contributed by atoms with Crippen molar-refractivity contribution in [2.45, 2.75) is 13.3 Å².